The van der Waals surface area contributed by atoms with E-state index in [4.69, 9.17) is 4.74 Å². The van der Waals surface area contributed by atoms with Crippen molar-refractivity contribution in [2.45, 2.75) is 25.1 Å². The zero-order chi connectivity index (χ0) is 23.9. The van der Waals surface area contributed by atoms with Crippen LogP contribution in [0.5, 0.6) is 11.5 Å². The Labute approximate surface area is 192 Å². The largest absolute Gasteiger partial charge is 0.457 e. The number of hydrogen-bond acceptors (Lipinski definition) is 3. The van der Waals surface area contributed by atoms with E-state index in [1.807, 2.05) is 0 Å². The summed E-state index contributed by atoms with van der Waals surface area (Å²) in [6.45, 7) is 0.541. The highest BCUT2D eigenvalue weighted by atomic mass is 19.4. The number of nitrogens with zero attached hydrogens (tertiary/aromatic N) is 2. The number of halogens is 4. The molecule has 3 aromatic carbocycles. The molecule has 1 amide bonds. The first-order valence-electron chi connectivity index (χ1n) is 10.7. The molecular weight excluding hydrogens is 450 g/mol. The first kappa shape index (κ1) is 21.9. The maximum Gasteiger partial charge on any atom is 0.416 e. The monoisotopic (exact) mass is 469 g/mol. The maximum atomic E-state index is 13.5. The number of benzene rings is 3. The van der Waals surface area contributed by atoms with Gasteiger partial charge >= 0.3 is 6.18 Å². The second kappa shape index (κ2) is 8.48. The van der Waals surface area contributed by atoms with Gasteiger partial charge in [-0.2, -0.15) is 13.2 Å². The van der Waals surface area contributed by atoms with E-state index >= 15 is 0 Å². The second-order valence-electron chi connectivity index (χ2n) is 8.09. The van der Waals surface area contributed by atoms with Crippen LogP contribution in [0.2, 0.25) is 0 Å². The van der Waals surface area contributed by atoms with Crippen LogP contribution < -0.4 is 4.74 Å². The Kier molecular flexibility index (Phi) is 5.47. The topological polar surface area (TPSA) is 58.2 Å². The number of imidazole rings is 1. The van der Waals surface area contributed by atoms with Crippen molar-refractivity contribution in [1.29, 1.82) is 0 Å². The predicted molar refractivity (Wildman–Crippen MR) is 117 cm³/mol. The summed E-state index contributed by atoms with van der Waals surface area (Å²) >= 11 is 0. The molecule has 1 fully saturated rings. The van der Waals surface area contributed by atoms with Gasteiger partial charge in [-0.05, 0) is 73.5 Å². The molecule has 0 aliphatic carbocycles. The van der Waals surface area contributed by atoms with E-state index in [1.54, 1.807) is 35.2 Å². The van der Waals surface area contributed by atoms with Crippen molar-refractivity contribution >= 4 is 16.9 Å². The highest BCUT2D eigenvalue weighted by Crippen LogP contribution is 2.34. The van der Waals surface area contributed by atoms with Crippen molar-refractivity contribution in [2.24, 2.45) is 0 Å². The van der Waals surface area contributed by atoms with Crippen LogP contribution in [-0.4, -0.2) is 27.3 Å². The van der Waals surface area contributed by atoms with Gasteiger partial charge in [0.2, 0.25) is 0 Å². The van der Waals surface area contributed by atoms with Crippen molar-refractivity contribution < 1.29 is 27.1 Å². The number of amides is 1. The number of likely N-dealkylation sites (tertiary alicyclic amines) is 1. The van der Waals surface area contributed by atoms with Crippen molar-refractivity contribution in [2.75, 3.05) is 6.54 Å². The third-order valence-corrected chi connectivity index (χ3v) is 5.79. The molecule has 0 saturated carbocycles. The molecule has 0 radical (unpaired) electrons. The average Bonchev–Trinajstić information content (AvgIpc) is 3.45. The fourth-order valence-electron chi connectivity index (χ4n) is 4.16. The van der Waals surface area contributed by atoms with Crippen LogP contribution in [0.15, 0.2) is 66.7 Å². The van der Waals surface area contributed by atoms with Gasteiger partial charge in [0.1, 0.15) is 23.1 Å². The Morgan fingerprint density at radius 2 is 1.82 bits per heavy atom. The summed E-state index contributed by atoms with van der Waals surface area (Å²) in [5.74, 6) is 0.578. The minimum absolute atomic E-state index is 0.216. The van der Waals surface area contributed by atoms with Crippen molar-refractivity contribution in [3.8, 4) is 11.5 Å². The van der Waals surface area contributed by atoms with Gasteiger partial charge in [-0.1, -0.05) is 6.07 Å². The number of rotatable bonds is 4. The lowest BCUT2D eigenvalue weighted by molar-refractivity contribution is -0.137. The van der Waals surface area contributed by atoms with Crippen molar-refractivity contribution in [1.82, 2.24) is 14.9 Å². The number of nitrogens with one attached hydrogen (secondary N) is 1. The molecule has 9 heteroatoms. The molecule has 2 heterocycles. The van der Waals surface area contributed by atoms with E-state index in [9.17, 15) is 22.4 Å². The third-order valence-electron chi connectivity index (χ3n) is 5.79. The highest BCUT2D eigenvalue weighted by Gasteiger charge is 2.33. The lowest BCUT2D eigenvalue weighted by atomic mass is 10.1. The normalized spacial score (nSPS) is 16.2. The number of H-pyrrole nitrogens is 1. The summed E-state index contributed by atoms with van der Waals surface area (Å²) < 4.78 is 57.5. The van der Waals surface area contributed by atoms with E-state index in [1.165, 1.54) is 24.3 Å². The van der Waals surface area contributed by atoms with E-state index in [0.29, 0.717) is 34.7 Å². The van der Waals surface area contributed by atoms with Gasteiger partial charge in [-0.25, -0.2) is 9.37 Å². The zero-order valence-electron chi connectivity index (χ0n) is 17.8. The molecule has 1 aromatic heterocycles. The smallest absolute Gasteiger partial charge is 0.416 e. The molecule has 4 aromatic rings. The van der Waals surface area contributed by atoms with Gasteiger partial charge in [0.25, 0.3) is 5.91 Å². The van der Waals surface area contributed by atoms with E-state index in [-0.39, 0.29) is 23.5 Å². The zero-order valence-corrected chi connectivity index (χ0v) is 17.8. The Hall–Kier alpha value is -3.88. The van der Waals surface area contributed by atoms with Gasteiger partial charge in [0.15, 0.2) is 0 Å². The number of carbonyl (C=O) groups excluding carboxylic acids is 1. The van der Waals surface area contributed by atoms with Crippen LogP contribution in [0.4, 0.5) is 17.6 Å². The van der Waals surface area contributed by atoms with Crippen LogP contribution >= 0.6 is 0 Å². The summed E-state index contributed by atoms with van der Waals surface area (Å²) in [7, 11) is 0. The van der Waals surface area contributed by atoms with Crippen molar-refractivity contribution in [3.63, 3.8) is 0 Å². The highest BCUT2D eigenvalue weighted by molar-refractivity contribution is 5.95. The number of fused-ring (bicyclic) bond motifs is 1. The van der Waals surface area contributed by atoms with Gasteiger partial charge < -0.3 is 14.6 Å². The van der Waals surface area contributed by atoms with E-state index < -0.39 is 11.7 Å². The fraction of sp³-hybridized carbons (Fsp3) is 0.200. The molecule has 5 nitrogen and oxygen atoms in total. The molecule has 1 unspecified atom stereocenters. The Morgan fingerprint density at radius 1 is 1.03 bits per heavy atom. The lowest BCUT2D eigenvalue weighted by Crippen LogP contribution is -2.31. The quantitative estimate of drug-likeness (QED) is 0.348. The molecule has 0 spiro atoms. The average molecular weight is 469 g/mol. The molecule has 1 aliphatic heterocycles. The molecule has 0 bridgehead atoms. The number of carbonyl (C=O) groups is 1. The standard InChI is InChI=1S/C25H19F4N3O2/c26-17-8-11-20-21(14-17)31-23(30-20)22-5-2-12-32(22)24(33)15-3-1-4-19(13-15)34-18-9-6-16(7-10-18)25(27,28)29/h1,3-4,6-11,13-14,22H,2,5,12H2,(H,30,31). The number of ether oxygens (including phenoxy) is 1. The molecule has 34 heavy (non-hydrogen) atoms. The first-order chi connectivity index (χ1) is 16.3. The summed E-state index contributed by atoms with van der Waals surface area (Å²) in [5.41, 5.74) is 0.819. The Bertz CT molecular complexity index is 1350. The van der Waals surface area contributed by atoms with Crippen LogP contribution in [-0.2, 0) is 6.18 Å². The van der Waals surface area contributed by atoms with Crippen LogP contribution in [0.3, 0.4) is 0 Å². The number of aromatic amines is 1. The summed E-state index contributed by atoms with van der Waals surface area (Å²) in [6.07, 6.45) is -2.91. The van der Waals surface area contributed by atoms with Crippen molar-refractivity contribution in [3.05, 3.63) is 89.5 Å². The Balaban J connectivity index is 1.35. The van der Waals surface area contributed by atoms with Crippen LogP contribution in [0.1, 0.15) is 40.6 Å². The molecule has 174 valence electrons. The predicted octanol–water partition coefficient (Wildman–Crippen LogP) is 6.49. The number of hydrogen-bond donors (Lipinski definition) is 1. The molecule has 1 aliphatic rings. The maximum absolute atomic E-state index is 13.5. The lowest BCUT2D eigenvalue weighted by Gasteiger charge is -2.23. The third kappa shape index (κ3) is 4.33. The number of aromatic nitrogens is 2. The minimum Gasteiger partial charge on any atom is -0.457 e. The molecule has 1 N–H and O–H groups in total. The van der Waals surface area contributed by atoms with Crippen LogP contribution in [0, 0.1) is 5.82 Å². The van der Waals surface area contributed by atoms with Gasteiger partial charge in [0.05, 0.1) is 22.6 Å². The Morgan fingerprint density at radius 3 is 2.59 bits per heavy atom. The van der Waals surface area contributed by atoms with Gasteiger partial charge in [0, 0.05) is 12.1 Å². The molecule has 5 rings (SSSR count). The first-order valence-corrected chi connectivity index (χ1v) is 10.7. The number of alkyl halides is 3. The van der Waals surface area contributed by atoms with Crippen LogP contribution in [0.25, 0.3) is 11.0 Å². The summed E-state index contributed by atoms with van der Waals surface area (Å²) in [4.78, 5) is 22.7. The molecular formula is C25H19F4N3O2. The minimum atomic E-state index is -4.43. The molecule has 1 atom stereocenters. The van der Waals surface area contributed by atoms with E-state index in [0.717, 1.165) is 25.0 Å². The molecule has 1 saturated heterocycles. The summed E-state index contributed by atoms with van der Waals surface area (Å²) in [6, 6.07) is 14.9. The fourth-order valence-corrected chi connectivity index (χ4v) is 4.16. The summed E-state index contributed by atoms with van der Waals surface area (Å²) in [5, 5.41) is 0. The SMILES string of the molecule is O=C(c1cccc(Oc2ccc(C(F)(F)F)cc2)c1)N1CCCC1c1nc2ccc(F)cc2[nH]1. The second-order valence-corrected chi connectivity index (χ2v) is 8.09. The van der Waals surface area contributed by atoms with Gasteiger partial charge in [-0.15, -0.1) is 0 Å². The van der Waals surface area contributed by atoms with Gasteiger partial charge in [-0.3, -0.25) is 4.79 Å². The van der Waals surface area contributed by atoms with E-state index in [2.05, 4.69) is 9.97 Å².